The molecule has 3 rings (SSSR count). The fraction of sp³-hybridized carbons (Fsp3) is 0.381. The van der Waals surface area contributed by atoms with Gasteiger partial charge in [0.05, 0.1) is 26.2 Å². The molecular weight excluding hydrogens is 328 g/mol. The van der Waals surface area contributed by atoms with E-state index in [-0.39, 0.29) is 11.9 Å². The Kier molecular flexibility index (Phi) is 6.12. The number of nitrogens with zero attached hydrogens (tertiary/aromatic N) is 1. The molecule has 1 aliphatic heterocycles. The Morgan fingerprint density at radius 3 is 2.88 bits per heavy atom. The number of ether oxygens (including phenoxy) is 2. The molecular formula is C21H26N2O3. The lowest BCUT2D eigenvalue weighted by molar-refractivity contribution is -0.135. The predicted octanol–water partition coefficient (Wildman–Crippen LogP) is 2.95. The first-order chi connectivity index (χ1) is 12.7. The molecule has 1 aliphatic rings. The Labute approximate surface area is 154 Å². The van der Waals surface area contributed by atoms with Crippen molar-refractivity contribution in [1.82, 2.24) is 10.2 Å². The average Bonchev–Trinajstić information content (AvgIpc) is 2.68. The minimum Gasteiger partial charge on any atom is -0.496 e. The van der Waals surface area contributed by atoms with Crippen molar-refractivity contribution in [3.05, 3.63) is 59.7 Å². The summed E-state index contributed by atoms with van der Waals surface area (Å²) in [5, 5.41) is 3.38. The van der Waals surface area contributed by atoms with Crippen LogP contribution in [0.1, 0.15) is 23.6 Å². The van der Waals surface area contributed by atoms with Crippen molar-refractivity contribution in [2.24, 2.45) is 0 Å². The van der Waals surface area contributed by atoms with Crippen LogP contribution in [0.3, 0.4) is 0 Å². The van der Waals surface area contributed by atoms with Crippen LogP contribution >= 0.6 is 0 Å². The highest BCUT2D eigenvalue weighted by Crippen LogP contribution is 2.30. The molecule has 1 amide bonds. The van der Waals surface area contributed by atoms with Gasteiger partial charge in [0.2, 0.25) is 5.91 Å². The van der Waals surface area contributed by atoms with Crippen LogP contribution in [0, 0.1) is 6.92 Å². The molecule has 0 aromatic heterocycles. The minimum atomic E-state index is -0.0219. The van der Waals surface area contributed by atoms with Crippen molar-refractivity contribution in [3.8, 4) is 11.5 Å². The lowest BCUT2D eigenvalue weighted by Gasteiger charge is -2.37. The molecule has 1 unspecified atom stereocenters. The summed E-state index contributed by atoms with van der Waals surface area (Å²) in [6.07, 6.45) is 0.361. The molecule has 26 heavy (non-hydrogen) atoms. The van der Waals surface area contributed by atoms with Crippen LogP contribution in [-0.4, -0.2) is 44.2 Å². The molecule has 0 aliphatic carbocycles. The van der Waals surface area contributed by atoms with Gasteiger partial charge < -0.3 is 19.7 Å². The fourth-order valence-corrected chi connectivity index (χ4v) is 3.33. The third-order valence-electron chi connectivity index (χ3n) is 4.64. The summed E-state index contributed by atoms with van der Waals surface area (Å²) in [6.45, 7) is 4.62. The number of hydrogen-bond acceptors (Lipinski definition) is 4. The maximum absolute atomic E-state index is 12.8. The van der Waals surface area contributed by atoms with Crippen LogP contribution in [-0.2, 0) is 4.79 Å². The SMILES string of the molecule is COc1ccccc1C1CNCCN1C(=O)CCOc1cccc(C)c1. The van der Waals surface area contributed by atoms with Crippen LogP contribution < -0.4 is 14.8 Å². The van der Waals surface area contributed by atoms with Gasteiger partial charge in [-0.25, -0.2) is 0 Å². The van der Waals surface area contributed by atoms with Crippen LogP contribution in [0.4, 0.5) is 0 Å². The number of nitrogens with one attached hydrogen (secondary N) is 1. The van der Waals surface area contributed by atoms with E-state index in [1.54, 1.807) is 7.11 Å². The van der Waals surface area contributed by atoms with E-state index in [1.807, 2.05) is 60.4 Å². The van der Waals surface area contributed by atoms with E-state index < -0.39 is 0 Å². The first-order valence-electron chi connectivity index (χ1n) is 9.01. The van der Waals surface area contributed by atoms with Crippen LogP contribution in [0.5, 0.6) is 11.5 Å². The van der Waals surface area contributed by atoms with Gasteiger partial charge in [-0.3, -0.25) is 4.79 Å². The fourth-order valence-electron chi connectivity index (χ4n) is 3.33. The van der Waals surface area contributed by atoms with Crippen molar-refractivity contribution in [2.75, 3.05) is 33.4 Å². The molecule has 1 saturated heterocycles. The number of hydrogen-bond donors (Lipinski definition) is 1. The number of carbonyl (C=O) groups is 1. The van der Waals surface area contributed by atoms with E-state index >= 15 is 0 Å². The largest absolute Gasteiger partial charge is 0.496 e. The summed E-state index contributed by atoms with van der Waals surface area (Å²) in [4.78, 5) is 14.8. The summed E-state index contributed by atoms with van der Waals surface area (Å²) in [5.41, 5.74) is 2.18. The van der Waals surface area contributed by atoms with Gasteiger partial charge in [0.25, 0.3) is 0 Å². The highest BCUT2D eigenvalue weighted by Gasteiger charge is 2.29. The number of benzene rings is 2. The van der Waals surface area contributed by atoms with Crippen molar-refractivity contribution in [3.63, 3.8) is 0 Å². The summed E-state index contributed by atoms with van der Waals surface area (Å²) >= 11 is 0. The zero-order chi connectivity index (χ0) is 18.4. The maximum atomic E-state index is 12.8. The molecule has 2 aromatic rings. The summed E-state index contributed by atoms with van der Waals surface area (Å²) < 4.78 is 11.2. The highest BCUT2D eigenvalue weighted by atomic mass is 16.5. The van der Waals surface area contributed by atoms with Gasteiger partial charge in [0.1, 0.15) is 11.5 Å². The third-order valence-corrected chi connectivity index (χ3v) is 4.64. The summed E-state index contributed by atoms with van der Waals surface area (Å²) in [7, 11) is 1.66. The van der Waals surface area contributed by atoms with E-state index in [9.17, 15) is 4.79 Å². The van der Waals surface area contributed by atoms with E-state index in [1.165, 1.54) is 0 Å². The topological polar surface area (TPSA) is 50.8 Å². The Morgan fingerprint density at radius 1 is 1.23 bits per heavy atom. The minimum absolute atomic E-state index is 0.0219. The van der Waals surface area contributed by atoms with Gasteiger partial charge in [0.15, 0.2) is 0 Å². The Hall–Kier alpha value is -2.53. The second-order valence-electron chi connectivity index (χ2n) is 6.46. The second-order valence-corrected chi connectivity index (χ2v) is 6.46. The second kappa shape index (κ2) is 8.72. The van der Waals surface area contributed by atoms with Crippen LogP contribution in [0.25, 0.3) is 0 Å². The van der Waals surface area contributed by atoms with Crippen molar-refractivity contribution < 1.29 is 14.3 Å². The van der Waals surface area contributed by atoms with Crippen molar-refractivity contribution in [2.45, 2.75) is 19.4 Å². The Morgan fingerprint density at radius 2 is 2.08 bits per heavy atom. The smallest absolute Gasteiger partial charge is 0.226 e. The quantitative estimate of drug-likeness (QED) is 0.867. The molecule has 5 nitrogen and oxygen atoms in total. The zero-order valence-electron chi connectivity index (χ0n) is 15.4. The molecule has 0 spiro atoms. The van der Waals surface area contributed by atoms with Crippen LogP contribution in [0.15, 0.2) is 48.5 Å². The first kappa shape index (κ1) is 18.3. The van der Waals surface area contributed by atoms with E-state index in [2.05, 4.69) is 5.32 Å². The van der Waals surface area contributed by atoms with E-state index in [4.69, 9.17) is 9.47 Å². The number of aryl methyl sites for hydroxylation is 1. The van der Waals surface area contributed by atoms with Gasteiger partial charge in [-0.1, -0.05) is 30.3 Å². The monoisotopic (exact) mass is 354 g/mol. The van der Waals surface area contributed by atoms with Gasteiger partial charge in [-0.2, -0.15) is 0 Å². The number of amides is 1. The zero-order valence-corrected chi connectivity index (χ0v) is 15.4. The number of carbonyl (C=O) groups excluding carboxylic acids is 1. The predicted molar refractivity (Wildman–Crippen MR) is 102 cm³/mol. The van der Waals surface area contributed by atoms with E-state index in [0.717, 1.165) is 35.7 Å². The Balaban J connectivity index is 1.64. The number of rotatable bonds is 6. The molecule has 0 bridgehead atoms. The molecule has 138 valence electrons. The number of para-hydroxylation sites is 1. The first-order valence-corrected chi connectivity index (χ1v) is 9.01. The maximum Gasteiger partial charge on any atom is 0.226 e. The lowest BCUT2D eigenvalue weighted by Crippen LogP contribution is -2.49. The molecule has 2 aromatic carbocycles. The molecule has 1 heterocycles. The number of methoxy groups -OCH3 is 1. The van der Waals surface area contributed by atoms with Gasteiger partial charge in [0, 0.05) is 25.2 Å². The highest BCUT2D eigenvalue weighted by molar-refractivity contribution is 5.77. The molecule has 5 heteroatoms. The molecule has 1 N–H and O–H groups in total. The molecule has 0 radical (unpaired) electrons. The van der Waals surface area contributed by atoms with Crippen LogP contribution in [0.2, 0.25) is 0 Å². The Bertz CT molecular complexity index is 748. The standard InChI is InChI=1S/C21H26N2O3/c1-16-6-5-7-17(14-16)26-13-10-21(24)23-12-11-22-15-19(23)18-8-3-4-9-20(18)25-2/h3-9,14,19,22H,10-13,15H2,1-2H3. The molecule has 1 atom stereocenters. The molecule has 0 saturated carbocycles. The van der Waals surface area contributed by atoms with Crippen molar-refractivity contribution >= 4 is 5.91 Å². The lowest BCUT2D eigenvalue weighted by atomic mass is 10.0. The third kappa shape index (κ3) is 4.35. The normalized spacial score (nSPS) is 17.0. The summed E-state index contributed by atoms with van der Waals surface area (Å²) in [5.74, 6) is 1.73. The van der Waals surface area contributed by atoms with Gasteiger partial charge >= 0.3 is 0 Å². The van der Waals surface area contributed by atoms with Gasteiger partial charge in [-0.05, 0) is 30.7 Å². The number of piperazine rings is 1. The van der Waals surface area contributed by atoms with Crippen molar-refractivity contribution in [1.29, 1.82) is 0 Å². The molecule has 1 fully saturated rings. The van der Waals surface area contributed by atoms with E-state index in [0.29, 0.717) is 19.6 Å². The summed E-state index contributed by atoms with van der Waals surface area (Å²) in [6, 6.07) is 15.7. The van der Waals surface area contributed by atoms with Gasteiger partial charge in [-0.15, -0.1) is 0 Å². The average molecular weight is 354 g/mol.